The van der Waals surface area contributed by atoms with Crippen molar-refractivity contribution in [1.82, 2.24) is 14.5 Å². The first-order valence-electron chi connectivity index (χ1n) is 18.4. The fraction of sp³-hybridized carbons (Fsp3) is 0.143. The summed E-state index contributed by atoms with van der Waals surface area (Å²) in [7, 11) is 0. The summed E-state index contributed by atoms with van der Waals surface area (Å²) in [5, 5.41) is 0. The summed E-state index contributed by atoms with van der Waals surface area (Å²) < 4.78 is 39.2. The molecule has 6 aromatic carbocycles. The molecule has 7 heteroatoms. The standard InChI is InChI=1S/C37H33N2.C12H7F3N.Ir/c1-25(2)32-23-31(29-21-19-28(20-22-29)27-13-7-5-8-14-27)24-33(26(3)4)36(32)39-35-18-12-11-17-34(35)38-37(39)30-15-9-6-10-16-30;13-12(14,15)10-6-4-9(5-7-10)11-3-1-2-8-16-11;/h5-15,17-26H,1-4H3;1-4,6-8H;/q2*-1;. The number of nitrogens with zero attached hydrogens (tertiary/aromatic N) is 3. The van der Waals surface area contributed by atoms with Crippen LogP contribution in [0.1, 0.15) is 56.2 Å². The number of aromatic nitrogens is 3. The molecule has 2 aromatic heterocycles. The second kappa shape index (κ2) is 17.5. The second-order valence-corrected chi connectivity index (χ2v) is 14.0. The summed E-state index contributed by atoms with van der Waals surface area (Å²) in [6.07, 6.45) is -2.74. The van der Waals surface area contributed by atoms with Crippen molar-refractivity contribution in [2.24, 2.45) is 0 Å². The van der Waals surface area contributed by atoms with E-state index in [0.717, 1.165) is 34.6 Å². The molecule has 0 aliphatic heterocycles. The Hall–Kier alpha value is -5.62. The van der Waals surface area contributed by atoms with E-state index in [1.54, 1.807) is 24.4 Å². The number of para-hydroxylation sites is 2. The van der Waals surface area contributed by atoms with E-state index in [9.17, 15) is 13.2 Å². The largest absolute Gasteiger partial charge is 0.381 e. The molecule has 0 bridgehead atoms. The Kier molecular flexibility index (Phi) is 12.5. The second-order valence-electron chi connectivity index (χ2n) is 14.0. The number of hydrogen-bond acceptors (Lipinski definition) is 2. The average molecular weight is 920 g/mol. The van der Waals surface area contributed by atoms with Crippen molar-refractivity contribution in [2.75, 3.05) is 0 Å². The monoisotopic (exact) mass is 920 g/mol. The zero-order valence-corrected chi connectivity index (χ0v) is 33.9. The zero-order chi connectivity index (χ0) is 38.5. The fourth-order valence-electron chi connectivity index (χ4n) is 6.72. The number of halogens is 3. The van der Waals surface area contributed by atoms with E-state index in [1.165, 1.54) is 45.1 Å². The van der Waals surface area contributed by atoms with Crippen LogP contribution >= 0.6 is 0 Å². The third-order valence-corrected chi connectivity index (χ3v) is 9.55. The van der Waals surface area contributed by atoms with Gasteiger partial charge in [0, 0.05) is 32.0 Å². The van der Waals surface area contributed by atoms with Gasteiger partial charge in [-0.1, -0.05) is 107 Å². The van der Waals surface area contributed by atoms with Gasteiger partial charge in [-0.05, 0) is 86.8 Å². The van der Waals surface area contributed by atoms with Gasteiger partial charge >= 0.3 is 6.18 Å². The van der Waals surface area contributed by atoms with Crippen LogP contribution in [0.5, 0.6) is 0 Å². The van der Waals surface area contributed by atoms with E-state index < -0.39 is 11.7 Å². The maximum atomic E-state index is 12.3. The number of pyridine rings is 1. The van der Waals surface area contributed by atoms with Crippen molar-refractivity contribution in [1.29, 1.82) is 0 Å². The van der Waals surface area contributed by atoms with Gasteiger partial charge in [0.1, 0.15) is 0 Å². The number of imidazole rings is 1. The molecule has 0 N–H and O–H groups in total. The first-order chi connectivity index (χ1) is 26.6. The molecule has 0 atom stereocenters. The van der Waals surface area contributed by atoms with Gasteiger partial charge in [-0.3, -0.25) is 4.98 Å². The van der Waals surface area contributed by atoms with Crippen LogP contribution in [0.25, 0.3) is 61.6 Å². The molecule has 8 aromatic rings. The summed E-state index contributed by atoms with van der Waals surface area (Å²) in [6, 6.07) is 55.5. The molecule has 0 amide bonds. The van der Waals surface area contributed by atoms with Gasteiger partial charge in [-0.15, -0.1) is 65.7 Å². The molecule has 0 spiro atoms. The third-order valence-electron chi connectivity index (χ3n) is 9.55. The molecular weight excluding hydrogens is 880 g/mol. The smallest absolute Gasteiger partial charge is 0.333 e. The molecule has 0 aliphatic carbocycles. The van der Waals surface area contributed by atoms with Crippen molar-refractivity contribution in [3.63, 3.8) is 0 Å². The van der Waals surface area contributed by atoms with Crippen LogP contribution in [-0.4, -0.2) is 14.5 Å². The average Bonchev–Trinajstić information content (AvgIpc) is 3.61. The summed E-state index contributed by atoms with van der Waals surface area (Å²) >= 11 is 0. The third kappa shape index (κ3) is 8.75. The Bertz CT molecular complexity index is 2460. The van der Waals surface area contributed by atoms with Gasteiger partial charge in [0.05, 0.1) is 16.9 Å². The van der Waals surface area contributed by atoms with Crippen molar-refractivity contribution >= 4 is 11.0 Å². The quantitative estimate of drug-likeness (QED) is 0.149. The molecule has 0 saturated carbocycles. The summed E-state index contributed by atoms with van der Waals surface area (Å²) in [4.78, 5) is 9.14. The first kappa shape index (κ1) is 40.1. The topological polar surface area (TPSA) is 30.7 Å². The molecule has 283 valence electrons. The normalized spacial score (nSPS) is 11.3. The molecule has 8 rings (SSSR count). The van der Waals surface area contributed by atoms with E-state index in [2.05, 4.69) is 153 Å². The molecule has 56 heavy (non-hydrogen) atoms. The molecule has 0 fully saturated rings. The number of fused-ring (bicyclic) bond motifs is 1. The fourth-order valence-corrected chi connectivity index (χ4v) is 6.72. The number of rotatable bonds is 7. The Balaban J connectivity index is 0.000000263. The molecular formula is C49H40F3IrN3-2. The SMILES string of the molecule is CC(C)c1cc(-c2ccc(-c3ccccc3)cc2)cc(C(C)C)c1-n1c(-c2[c-]cccc2)nc2ccccc21.FC(F)(F)c1c[c-]c(-c2ccccn2)cc1.[Ir]. The van der Waals surface area contributed by atoms with E-state index in [4.69, 9.17) is 4.98 Å². The maximum Gasteiger partial charge on any atom is 0.381 e. The minimum absolute atomic E-state index is 0. The molecule has 2 heterocycles. The minimum Gasteiger partial charge on any atom is -0.333 e. The number of benzene rings is 6. The van der Waals surface area contributed by atoms with Crippen LogP contribution < -0.4 is 0 Å². The minimum atomic E-state index is -4.32. The van der Waals surface area contributed by atoms with Gasteiger partial charge in [0.15, 0.2) is 0 Å². The first-order valence-corrected chi connectivity index (χ1v) is 18.4. The van der Waals surface area contributed by atoms with Gasteiger partial charge in [0.25, 0.3) is 0 Å². The van der Waals surface area contributed by atoms with Crippen molar-refractivity contribution in [3.05, 3.63) is 187 Å². The predicted molar refractivity (Wildman–Crippen MR) is 218 cm³/mol. The Labute approximate surface area is 340 Å². The maximum absolute atomic E-state index is 12.3. The Morgan fingerprint density at radius 1 is 0.589 bits per heavy atom. The van der Waals surface area contributed by atoms with Crippen LogP contribution in [-0.2, 0) is 26.3 Å². The molecule has 1 radical (unpaired) electrons. The van der Waals surface area contributed by atoms with Crippen LogP contribution in [0.15, 0.2) is 158 Å². The van der Waals surface area contributed by atoms with Gasteiger partial charge in [0.2, 0.25) is 0 Å². The van der Waals surface area contributed by atoms with E-state index in [1.807, 2.05) is 12.1 Å². The van der Waals surface area contributed by atoms with Gasteiger partial charge in [-0.2, -0.15) is 13.2 Å². The van der Waals surface area contributed by atoms with Crippen molar-refractivity contribution in [2.45, 2.75) is 45.7 Å². The molecule has 0 aliphatic rings. The van der Waals surface area contributed by atoms with Crippen LogP contribution in [0, 0.1) is 12.1 Å². The van der Waals surface area contributed by atoms with E-state index in [-0.39, 0.29) is 20.1 Å². The van der Waals surface area contributed by atoms with Crippen molar-refractivity contribution < 1.29 is 33.3 Å². The summed E-state index contributed by atoms with van der Waals surface area (Å²) in [5.41, 5.74) is 12.4. The van der Waals surface area contributed by atoms with Gasteiger partial charge < -0.3 is 9.55 Å². The molecule has 3 nitrogen and oxygen atoms in total. The van der Waals surface area contributed by atoms with E-state index >= 15 is 0 Å². The Morgan fingerprint density at radius 3 is 1.77 bits per heavy atom. The zero-order valence-electron chi connectivity index (χ0n) is 31.5. The molecule has 0 saturated heterocycles. The van der Waals surface area contributed by atoms with Crippen molar-refractivity contribution in [3.8, 4) is 50.6 Å². The Morgan fingerprint density at radius 2 is 1.20 bits per heavy atom. The van der Waals surface area contributed by atoms with Crippen LogP contribution in [0.3, 0.4) is 0 Å². The van der Waals surface area contributed by atoms with Crippen LogP contribution in [0.2, 0.25) is 0 Å². The number of alkyl halides is 3. The summed E-state index contributed by atoms with van der Waals surface area (Å²) in [6.45, 7) is 9.16. The van der Waals surface area contributed by atoms with Crippen LogP contribution in [0.4, 0.5) is 13.2 Å². The van der Waals surface area contributed by atoms with E-state index in [0.29, 0.717) is 23.1 Å². The summed E-state index contributed by atoms with van der Waals surface area (Å²) in [5.74, 6) is 1.59. The predicted octanol–water partition coefficient (Wildman–Crippen LogP) is 13.6. The number of hydrogen-bond donors (Lipinski definition) is 0. The molecule has 0 unspecified atom stereocenters. The van der Waals surface area contributed by atoms with Gasteiger partial charge in [-0.25, -0.2) is 0 Å².